The van der Waals surface area contributed by atoms with Crippen molar-refractivity contribution in [2.24, 2.45) is 23.3 Å². The second-order valence-corrected chi connectivity index (χ2v) is 6.28. The van der Waals surface area contributed by atoms with Gasteiger partial charge in [-0.05, 0) is 56.3 Å². The Morgan fingerprint density at radius 3 is 1.86 bits per heavy atom. The summed E-state index contributed by atoms with van der Waals surface area (Å²) in [5, 5.41) is 0. The minimum Gasteiger partial charge on any atom is -0.338 e. The number of nitrogens with two attached hydrogens (primary N) is 1. The quantitative estimate of drug-likeness (QED) is 0.694. The molecule has 4 fully saturated rings. The van der Waals surface area contributed by atoms with E-state index < -0.39 is 8.53 Å². The van der Waals surface area contributed by atoms with Crippen LogP contribution in [0.4, 0.5) is 0 Å². The molecule has 4 rings (SSSR count). The highest BCUT2D eigenvalue weighted by molar-refractivity contribution is 7.43. The minimum absolute atomic E-state index is 0.0239. The first-order chi connectivity index (χ1) is 6.65. The first-order valence-electron chi connectivity index (χ1n) is 5.58. The van der Waals surface area contributed by atoms with Crippen LogP contribution in [0.5, 0.6) is 0 Å². The monoisotopic (exact) mass is 215 g/mol. The molecule has 0 aromatic rings. The molecule has 3 N–H and O–H groups in total. The van der Waals surface area contributed by atoms with Crippen LogP contribution in [0.2, 0.25) is 0 Å². The lowest BCUT2D eigenvalue weighted by atomic mass is 9.54. The Hall–Kier alpha value is 0.310. The summed E-state index contributed by atoms with van der Waals surface area (Å²) in [7, 11) is -1.66. The molecule has 3 nitrogen and oxygen atoms in total. The van der Waals surface area contributed by atoms with Crippen LogP contribution < -0.4 is 5.50 Å². The second-order valence-electron chi connectivity index (χ2n) is 5.49. The standard InChI is InChI=1S/C10H18NO2P/c11-14(12)13-10-4-7-1-8(5-10)3-9(2-7)6-10/h7-9,12H,1-6,11H2. The fraction of sp³-hybridized carbons (Fsp3) is 1.00. The SMILES string of the molecule is NP(O)OC12CC3CC(CC(C3)C1)C2. The van der Waals surface area contributed by atoms with E-state index in [0.717, 1.165) is 37.0 Å². The Labute approximate surface area is 86.0 Å². The van der Waals surface area contributed by atoms with Crippen LogP contribution in [0.3, 0.4) is 0 Å². The normalized spacial score (nSPS) is 52.3. The molecule has 0 radical (unpaired) electrons. The van der Waals surface area contributed by atoms with Gasteiger partial charge in [-0.2, -0.15) is 0 Å². The van der Waals surface area contributed by atoms with E-state index in [2.05, 4.69) is 0 Å². The molecule has 0 spiro atoms. The van der Waals surface area contributed by atoms with E-state index in [1.165, 1.54) is 19.3 Å². The summed E-state index contributed by atoms with van der Waals surface area (Å²) in [4.78, 5) is 9.23. The summed E-state index contributed by atoms with van der Waals surface area (Å²) in [6.07, 6.45) is 7.64. The largest absolute Gasteiger partial charge is 0.338 e. The topological polar surface area (TPSA) is 55.5 Å². The Morgan fingerprint density at radius 1 is 1.07 bits per heavy atom. The Bertz CT molecular complexity index is 203. The predicted octanol–water partition coefficient (Wildman–Crippen LogP) is 2.15. The summed E-state index contributed by atoms with van der Waals surface area (Å²) in [6.45, 7) is 0. The molecule has 14 heavy (non-hydrogen) atoms. The summed E-state index contributed by atoms with van der Waals surface area (Å²) < 4.78 is 5.65. The van der Waals surface area contributed by atoms with Crippen molar-refractivity contribution in [1.82, 2.24) is 0 Å². The lowest BCUT2D eigenvalue weighted by Crippen LogP contribution is -2.51. The van der Waals surface area contributed by atoms with Gasteiger partial charge in [0.2, 0.25) is 0 Å². The van der Waals surface area contributed by atoms with Gasteiger partial charge in [0.05, 0.1) is 5.60 Å². The van der Waals surface area contributed by atoms with E-state index in [9.17, 15) is 4.89 Å². The Balaban J connectivity index is 1.80. The van der Waals surface area contributed by atoms with Crippen molar-refractivity contribution in [3.8, 4) is 0 Å². The lowest BCUT2D eigenvalue weighted by Gasteiger charge is -2.56. The molecular weight excluding hydrogens is 197 g/mol. The van der Waals surface area contributed by atoms with Crippen molar-refractivity contribution in [1.29, 1.82) is 0 Å². The highest BCUT2D eigenvalue weighted by Crippen LogP contribution is 2.59. The van der Waals surface area contributed by atoms with Gasteiger partial charge in [0.15, 0.2) is 0 Å². The summed E-state index contributed by atoms with van der Waals surface area (Å²) in [6, 6.07) is 0. The molecule has 0 amide bonds. The summed E-state index contributed by atoms with van der Waals surface area (Å²) >= 11 is 0. The molecule has 80 valence electrons. The first-order valence-corrected chi connectivity index (χ1v) is 6.86. The van der Waals surface area contributed by atoms with Crippen LogP contribution in [0.15, 0.2) is 0 Å². The van der Waals surface area contributed by atoms with Gasteiger partial charge in [-0.1, -0.05) is 0 Å². The van der Waals surface area contributed by atoms with Crippen LogP contribution in [0.25, 0.3) is 0 Å². The molecule has 4 heteroatoms. The average molecular weight is 215 g/mol. The lowest BCUT2D eigenvalue weighted by molar-refractivity contribution is -0.106. The molecular formula is C10H18NO2P. The molecule has 1 atom stereocenters. The van der Waals surface area contributed by atoms with Crippen LogP contribution in [-0.4, -0.2) is 10.5 Å². The van der Waals surface area contributed by atoms with Crippen LogP contribution >= 0.6 is 8.53 Å². The molecule has 4 aliphatic carbocycles. The molecule has 0 aromatic carbocycles. The first kappa shape index (κ1) is 9.53. The molecule has 0 aliphatic heterocycles. The zero-order chi connectivity index (χ0) is 9.76. The van der Waals surface area contributed by atoms with Gasteiger partial charge in [-0.25, -0.2) is 0 Å². The maximum atomic E-state index is 9.23. The van der Waals surface area contributed by atoms with Gasteiger partial charge in [0, 0.05) is 0 Å². The Morgan fingerprint density at radius 2 is 1.50 bits per heavy atom. The maximum absolute atomic E-state index is 9.23. The van der Waals surface area contributed by atoms with Gasteiger partial charge in [-0.15, -0.1) is 0 Å². The smallest absolute Gasteiger partial charge is 0.250 e. The fourth-order valence-electron chi connectivity index (χ4n) is 4.34. The van der Waals surface area contributed by atoms with E-state index in [-0.39, 0.29) is 5.60 Å². The number of hydrogen-bond acceptors (Lipinski definition) is 3. The van der Waals surface area contributed by atoms with Gasteiger partial charge in [0.25, 0.3) is 8.53 Å². The average Bonchev–Trinajstić information content (AvgIpc) is 1.96. The zero-order valence-electron chi connectivity index (χ0n) is 8.35. The van der Waals surface area contributed by atoms with Crippen LogP contribution in [-0.2, 0) is 4.52 Å². The van der Waals surface area contributed by atoms with Crippen molar-refractivity contribution in [2.45, 2.75) is 44.1 Å². The van der Waals surface area contributed by atoms with E-state index in [0.29, 0.717) is 0 Å². The maximum Gasteiger partial charge on any atom is 0.250 e. The second kappa shape index (κ2) is 3.15. The van der Waals surface area contributed by atoms with E-state index >= 15 is 0 Å². The van der Waals surface area contributed by atoms with Crippen molar-refractivity contribution in [2.75, 3.05) is 0 Å². The van der Waals surface area contributed by atoms with Gasteiger partial charge < -0.3 is 9.42 Å². The zero-order valence-corrected chi connectivity index (χ0v) is 9.25. The third kappa shape index (κ3) is 1.51. The molecule has 1 unspecified atom stereocenters. The number of hydrogen-bond donors (Lipinski definition) is 2. The summed E-state index contributed by atoms with van der Waals surface area (Å²) in [5.41, 5.74) is 5.39. The van der Waals surface area contributed by atoms with E-state index in [1.54, 1.807) is 0 Å². The predicted molar refractivity (Wildman–Crippen MR) is 55.3 cm³/mol. The van der Waals surface area contributed by atoms with Crippen LogP contribution in [0, 0.1) is 17.8 Å². The molecule has 0 heterocycles. The molecule has 4 saturated carbocycles. The number of rotatable bonds is 2. The third-order valence-electron chi connectivity index (χ3n) is 4.27. The van der Waals surface area contributed by atoms with Crippen molar-refractivity contribution >= 4 is 8.53 Å². The van der Waals surface area contributed by atoms with Gasteiger partial charge >= 0.3 is 0 Å². The third-order valence-corrected chi connectivity index (χ3v) is 4.84. The summed E-state index contributed by atoms with van der Waals surface area (Å²) in [5.74, 6) is 2.57. The fourth-order valence-corrected chi connectivity index (χ4v) is 4.96. The van der Waals surface area contributed by atoms with Crippen molar-refractivity contribution in [3.05, 3.63) is 0 Å². The molecule has 0 saturated heterocycles. The molecule has 0 aromatic heterocycles. The van der Waals surface area contributed by atoms with Crippen molar-refractivity contribution in [3.63, 3.8) is 0 Å². The molecule has 4 aliphatic rings. The molecule has 4 bridgehead atoms. The Kier molecular flexibility index (Phi) is 2.14. The van der Waals surface area contributed by atoms with Crippen molar-refractivity contribution < 1.29 is 9.42 Å². The minimum atomic E-state index is -1.66. The van der Waals surface area contributed by atoms with E-state index in [4.69, 9.17) is 10.0 Å². The van der Waals surface area contributed by atoms with Gasteiger partial charge in [0.1, 0.15) is 0 Å². The van der Waals surface area contributed by atoms with Gasteiger partial charge in [-0.3, -0.25) is 5.50 Å². The highest BCUT2D eigenvalue weighted by Gasteiger charge is 2.52. The highest BCUT2D eigenvalue weighted by atomic mass is 31.2. The van der Waals surface area contributed by atoms with Crippen LogP contribution in [0.1, 0.15) is 38.5 Å². The van der Waals surface area contributed by atoms with E-state index in [1.807, 2.05) is 0 Å².